The molecule has 1 aliphatic heterocycles. The highest BCUT2D eigenvalue weighted by atomic mass is 16.5. The van der Waals surface area contributed by atoms with Crippen LogP contribution in [0.3, 0.4) is 0 Å². The number of aromatic nitrogens is 1. The van der Waals surface area contributed by atoms with E-state index < -0.39 is 6.10 Å². The number of aryl methyl sites for hydroxylation is 1. The van der Waals surface area contributed by atoms with Crippen molar-refractivity contribution in [2.24, 2.45) is 0 Å². The molecule has 1 fully saturated rings. The molecule has 23 heavy (non-hydrogen) atoms. The summed E-state index contributed by atoms with van der Waals surface area (Å²) in [6.45, 7) is 8.58. The molecule has 0 unspecified atom stereocenters. The monoisotopic (exact) mass is 315 g/mol. The fourth-order valence-corrected chi connectivity index (χ4v) is 3.21. The summed E-state index contributed by atoms with van der Waals surface area (Å²) in [7, 11) is 0. The van der Waals surface area contributed by atoms with Crippen LogP contribution in [0.2, 0.25) is 0 Å². The van der Waals surface area contributed by atoms with Gasteiger partial charge in [0.25, 0.3) is 0 Å². The van der Waals surface area contributed by atoms with Crippen molar-refractivity contribution in [2.45, 2.75) is 32.5 Å². The van der Waals surface area contributed by atoms with Crippen LogP contribution in [-0.2, 0) is 6.54 Å². The van der Waals surface area contributed by atoms with Gasteiger partial charge in [-0.15, -0.1) is 0 Å². The lowest BCUT2D eigenvalue weighted by atomic mass is 10.1. The number of aliphatic hydroxyl groups excluding tert-OH is 1. The largest absolute Gasteiger partial charge is 0.387 e. The second-order valence-corrected chi connectivity index (χ2v) is 6.43. The van der Waals surface area contributed by atoms with Crippen LogP contribution in [0.1, 0.15) is 30.0 Å². The molecule has 0 saturated carbocycles. The third-order valence-corrected chi connectivity index (χ3v) is 4.50. The van der Waals surface area contributed by atoms with Gasteiger partial charge in [0.05, 0.1) is 11.8 Å². The Morgan fingerprint density at radius 3 is 2.74 bits per heavy atom. The Hall–Kier alpha value is -1.69. The zero-order valence-electron chi connectivity index (χ0n) is 13.9. The first-order chi connectivity index (χ1) is 11.1. The number of benzene rings is 1. The van der Waals surface area contributed by atoms with Gasteiger partial charge in [-0.2, -0.15) is 0 Å². The SMILES string of the molecule is Cc1cc(CN2CCN(C[C@H](O)c3ccccc3)[C@H](C)C2)no1. The van der Waals surface area contributed by atoms with Crippen molar-refractivity contribution < 1.29 is 9.63 Å². The maximum absolute atomic E-state index is 10.4. The topological polar surface area (TPSA) is 52.7 Å². The molecule has 5 heteroatoms. The van der Waals surface area contributed by atoms with Gasteiger partial charge < -0.3 is 9.63 Å². The summed E-state index contributed by atoms with van der Waals surface area (Å²) >= 11 is 0. The van der Waals surface area contributed by atoms with Crippen LogP contribution in [-0.4, -0.2) is 52.3 Å². The Morgan fingerprint density at radius 1 is 1.30 bits per heavy atom. The Morgan fingerprint density at radius 2 is 2.09 bits per heavy atom. The Labute approximate surface area is 137 Å². The van der Waals surface area contributed by atoms with Gasteiger partial charge in [-0.25, -0.2) is 0 Å². The number of hydrogen-bond acceptors (Lipinski definition) is 5. The van der Waals surface area contributed by atoms with E-state index in [-0.39, 0.29) is 0 Å². The zero-order valence-corrected chi connectivity index (χ0v) is 13.9. The van der Waals surface area contributed by atoms with Gasteiger partial charge in [0, 0.05) is 44.8 Å². The second-order valence-electron chi connectivity index (χ2n) is 6.43. The molecule has 124 valence electrons. The average Bonchev–Trinajstić information content (AvgIpc) is 2.96. The fraction of sp³-hybridized carbons (Fsp3) is 0.500. The smallest absolute Gasteiger partial charge is 0.133 e. The highest BCUT2D eigenvalue weighted by Gasteiger charge is 2.26. The van der Waals surface area contributed by atoms with Gasteiger partial charge in [-0.1, -0.05) is 35.5 Å². The molecule has 0 amide bonds. The van der Waals surface area contributed by atoms with Crippen LogP contribution in [0, 0.1) is 6.92 Å². The standard InChI is InChI=1S/C18H25N3O2/c1-14-11-20(12-17-10-15(2)23-19-17)8-9-21(14)13-18(22)16-6-4-3-5-7-16/h3-7,10,14,18,22H,8-9,11-13H2,1-2H3/t14-,18+/m1/s1. The van der Waals surface area contributed by atoms with Crippen LogP contribution < -0.4 is 0 Å². The maximum atomic E-state index is 10.4. The summed E-state index contributed by atoms with van der Waals surface area (Å²) in [6.07, 6.45) is -0.427. The van der Waals surface area contributed by atoms with E-state index in [2.05, 4.69) is 21.9 Å². The molecule has 2 aromatic rings. The number of aliphatic hydroxyl groups is 1. The minimum atomic E-state index is -0.427. The lowest BCUT2D eigenvalue weighted by molar-refractivity contribution is 0.0355. The summed E-state index contributed by atoms with van der Waals surface area (Å²) in [6, 6.07) is 12.3. The lowest BCUT2D eigenvalue weighted by Crippen LogP contribution is -2.52. The van der Waals surface area contributed by atoms with E-state index in [0.29, 0.717) is 12.6 Å². The van der Waals surface area contributed by atoms with Gasteiger partial charge in [0.15, 0.2) is 0 Å². The first-order valence-electron chi connectivity index (χ1n) is 8.23. The fourth-order valence-electron chi connectivity index (χ4n) is 3.21. The summed E-state index contributed by atoms with van der Waals surface area (Å²) in [5.41, 5.74) is 1.98. The van der Waals surface area contributed by atoms with Crippen molar-refractivity contribution in [2.75, 3.05) is 26.2 Å². The van der Waals surface area contributed by atoms with Gasteiger partial charge in [0.1, 0.15) is 5.76 Å². The predicted molar refractivity (Wildman–Crippen MR) is 89.0 cm³/mol. The van der Waals surface area contributed by atoms with E-state index in [1.54, 1.807) is 0 Å². The highest BCUT2D eigenvalue weighted by Crippen LogP contribution is 2.18. The number of nitrogens with zero attached hydrogens (tertiary/aromatic N) is 3. The van der Waals surface area contributed by atoms with Crippen molar-refractivity contribution in [3.63, 3.8) is 0 Å². The van der Waals surface area contributed by atoms with Crippen LogP contribution >= 0.6 is 0 Å². The third kappa shape index (κ3) is 4.19. The molecule has 0 radical (unpaired) electrons. The van der Waals surface area contributed by atoms with Crippen LogP contribution in [0.5, 0.6) is 0 Å². The number of rotatable bonds is 5. The van der Waals surface area contributed by atoms with E-state index in [4.69, 9.17) is 4.52 Å². The van der Waals surface area contributed by atoms with Crippen molar-refractivity contribution >= 4 is 0 Å². The van der Waals surface area contributed by atoms with E-state index in [9.17, 15) is 5.11 Å². The van der Waals surface area contributed by atoms with Crippen LogP contribution in [0.15, 0.2) is 40.9 Å². The number of piperazine rings is 1. The van der Waals surface area contributed by atoms with E-state index in [0.717, 1.165) is 43.2 Å². The molecule has 1 aromatic heterocycles. The average molecular weight is 315 g/mol. The van der Waals surface area contributed by atoms with Gasteiger partial charge in [-0.3, -0.25) is 9.80 Å². The third-order valence-electron chi connectivity index (χ3n) is 4.50. The number of hydrogen-bond donors (Lipinski definition) is 1. The van der Waals surface area contributed by atoms with Crippen molar-refractivity contribution in [3.05, 3.63) is 53.4 Å². The second kappa shape index (κ2) is 7.25. The molecule has 2 atom stereocenters. The molecule has 1 aromatic carbocycles. The quantitative estimate of drug-likeness (QED) is 0.917. The molecule has 1 N–H and O–H groups in total. The van der Waals surface area contributed by atoms with E-state index in [1.807, 2.05) is 43.3 Å². The van der Waals surface area contributed by atoms with Crippen LogP contribution in [0.25, 0.3) is 0 Å². The molecular formula is C18H25N3O2. The van der Waals surface area contributed by atoms with Crippen molar-refractivity contribution in [3.8, 4) is 0 Å². The molecular weight excluding hydrogens is 290 g/mol. The summed E-state index contributed by atoms with van der Waals surface area (Å²) in [5, 5.41) is 14.5. The van der Waals surface area contributed by atoms with E-state index in [1.165, 1.54) is 0 Å². The Bertz CT molecular complexity index is 614. The minimum Gasteiger partial charge on any atom is -0.387 e. The first-order valence-corrected chi connectivity index (χ1v) is 8.23. The lowest BCUT2D eigenvalue weighted by Gasteiger charge is -2.40. The summed E-state index contributed by atoms with van der Waals surface area (Å²) < 4.78 is 5.14. The Balaban J connectivity index is 1.52. The molecule has 2 heterocycles. The minimum absolute atomic E-state index is 0.412. The first kappa shape index (κ1) is 16.2. The molecule has 1 aliphatic rings. The van der Waals surface area contributed by atoms with Crippen molar-refractivity contribution in [1.82, 2.24) is 15.0 Å². The molecule has 0 aliphatic carbocycles. The Kier molecular flexibility index (Phi) is 5.10. The summed E-state index contributed by atoms with van der Waals surface area (Å²) in [4.78, 5) is 4.76. The highest BCUT2D eigenvalue weighted by molar-refractivity contribution is 5.17. The zero-order chi connectivity index (χ0) is 16.2. The van der Waals surface area contributed by atoms with Gasteiger partial charge in [0.2, 0.25) is 0 Å². The summed E-state index contributed by atoms with van der Waals surface area (Å²) in [5.74, 6) is 0.859. The van der Waals surface area contributed by atoms with Gasteiger partial charge in [-0.05, 0) is 19.4 Å². The molecule has 0 spiro atoms. The molecule has 5 nitrogen and oxygen atoms in total. The predicted octanol–water partition coefficient (Wildman–Crippen LogP) is 2.22. The van der Waals surface area contributed by atoms with Gasteiger partial charge >= 0.3 is 0 Å². The molecule has 3 rings (SSSR count). The van der Waals surface area contributed by atoms with Crippen molar-refractivity contribution in [1.29, 1.82) is 0 Å². The normalized spacial score (nSPS) is 21.4. The maximum Gasteiger partial charge on any atom is 0.133 e. The molecule has 1 saturated heterocycles. The number of β-amino-alcohol motifs (C(OH)–C–C–N with tert-alkyl or cyclic N) is 1. The molecule has 0 bridgehead atoms. The van der Waals surface area contributed by atoms with Crippen LogP contribution in [0.4, 0.5) is 0 Å². The van der Waals surface area contributed by atoms with E-state index >= 15 is 0 Å².